The van der Waals surface area contributed by atoms with E-state index in [2.05, 4.69) is 50.2 Å². The number of nitrogens with zero attached hydrogens (tertiary/aromatic N) is 1. The average molecular weight is 401 g/mol. The molecule has 6 heteroatoms. The fourth-order valence-electron chi connectivity index (χ4n) is 1.35. The SMILES string of the molecule is CCNC(=NCC(O)COCC(C)C)NC(C)(C)C.I. The molecule has 0 aromatic carbocycles. The van der Waals surface area contributed by atoms with Gasteiger partial charge < -0.3 is 20.5 Å². The van der Waals surface area contributed by atoms with Gasteiger partial charge in [-0.05, 0) is 33.6 Å². The Bertz CT molecular complexity index is 266. The molecule has 1 unspecified atom stereocenters. The predicted octanol–water partition coefficient (Wildman–Crippen LogP) is 1.99. The summed E-state index contributed by atoms with van der Waals surface area (Å²) < 4.78 is 5.39. The van der Waals surface area contributed by atoms with Crippen LogP contribution < -0.4 is 10.6 Å². The monoisotopic (exact) mass is 401 g/mol. The number of halogens is 1. The number of hydrogen-bond donors (Lipinski definition) is 3. The smallest absolute Gasteiger partial charge is 0.191 e. The number of aliphatic imine (C=N–C) groups is 1. The van der Waals surface area contributed by atoms with Gasteiger partial charge in [-0.15, -0.1) is 24.0 Å². The quantitative estimate of drug-likeness (QED) is 0.347. The fraction of sp³-hybridized carbons (Fsp3) is 0.929. The Morgan fingerprint density at radius 3 is 2.30 bits per heavy atom. The van der Waals surface area contributed by atoms with Crippen LogP contribution in [0.25, 0.3) is 0 Å². The summed E-state index contributed by atoms with van der Waals surface area (Å²) in [6.45, 7) is 14.5. The minimum atomic E-state index is -0.561. The zero-order valence-corrected chi connectivity index (χ0v) is 16.0. The van der Waals surface area contributed by atoms with Crippen LogP contribution in [-0.4, -0.2) is 49.0 Å². The van der Waals surface area contributed by atoms with Gasteiger partial charge >= 0.3 is 0 Å². The molecule has 5 nitrogen and oxygen atoms in total. The lowest BCUT2D eigenvalue weighted by molar-refractivity contribution is 0.0301. The molecule has 0 radical (unpaired) electrons. The fourth-order valence-corrected chi connectivity index (χ4v) is 1.35. The predicted molar refractivity (Wildman–Crippen MR) is 95.9 cm³/mol. The first-order chi connectivity index (χ1) is 8.74. The van der Waals surface area contributed by atoms with Crippen LogP contribution >= 0.6 is 24.0 Å². The topological polar surface area (TPSA) is 65.9 Å². The van der Waals surface area contributed by atoms with Gasteiger partial charge in [-0.25, -0.2) is 0 Å². The summed E-state index contributed by atoms with van der Waals surface area (Å²) in [7, 11) is 0. The van der Waals surface area contributed by atoms with Crippen molar-refractivity contribution in [3.63, 3.8) is 0 Å². The number of aliphatic hydroxyl groups excluding tert-OH is 1. The largest absolute Gasteiger partial charge is 0.389 e. The second-order valence-electron chi connectivity index (χ2n) is 6.18. The van der Waals surface area contributed by atoms with Crippen molar-refractivity contribution in [1.29, 1.82) is 0 Å². The van der Waals surface area contributed by atoms with Crippen molar-refractivity contribution < 1.29 is 9.84 Å². The summed E-state index contributed by atoms with van der Waals surface area (Å²) in [5.41, 5.74) is -0.0555. The van der Waals surface area contributed by atoms with Crippen molar-refractivity contribution in [1.82, 2.24) is 10.6 Å². The summed E-state index contributed by atoms with van der Waals surface area (Å²) >= 11 is 0. The van der Waals surface area contributed by atoms with E-state index in [1.807, 2.05) is 6.92 Å². The molecule has 20 heavy (non-hydrogen) atoms. The maximum absolute atomic E-state index is 9.79. The van der Waals surface area contributed by atoms with Crippen molar-refractivity contribution in [2.45, 2.75) is 53.2 Å². The molecule has 0 saturated heterocycles. The Morgan fingerprint density at radius 2 is 1.85 bits per heavy atom. The molecule has 0 amide bonds. The third kappa shape index (κ3) is 14.3. The molecule has 0 rings (SSSR count). The average Bonchev–Trinajstić information content (AvgIpc) is 2.23. The first-order valence-corrected chi connectivity index (χ1v) is 7.07. The highest BCUT2D eigenvalue weighted by Crippen LogP contribution is 1.98. The third-order valence-corrected chi connectivity index (χ3v) is 2.06. The minimum Gasteiger partial charge on any atom is -0.389 e. The standard InChI is InChI=1S/C14H31N3O2.HI/c1-7-15-13(17-14(4,5)6)16-8-12(18)10-19-9-11(2)3;/h11-12,18H,7-10H2,1-6H3,(H2,15,16,17);1H. The summed E-state index contributed by atoms with van der Waals surface area (Å²) in [5.74, 6) is 1.20. The van der Waals surface area contributed by atoms with Crippen LogP contribution in [0.4, 0.5) is 0 Å². The molecule has 0 aliphatic heterocycles. The van der Waals surface area contributed by atoms with E-state index in [1.54, 1.807) is 0 Å². The Balaban J connectivity index is 0. The molecule has 0 bridgehead atoms. The van der Waals surface area contributed by atoms with Gasteiger partial charge in [0.1, 0.15) is 0 Å². The van der Waals surface area contributed by atoms with Crippen LogP contribution in [0.3, 0.4) is 0 Å². The van der Waals surface area contributed by atoms with Gasteiger partial charge in [0.05, 0.1) is 19.3 Å². The van der Waals surface area contributed by atoms with E-state index < -0.39 is 6.10 Å². The molecule has 0 aliphatic rings. The zero-order valence-electron chi connectivity index (χ0n) is 13.7. The summed E-state index contributed by atoms with van der Waals surface area (Å²) in [6, 6.07) is 0. The Hall–Kier alpha value is -0.0800. The molecule has 0 aromatic rings. The van der Waals surface area contributed by atoms with Gasteiger partial charge in [0.15, 0.2) is 5.96 Å². The van der Waals surface area contributed by atoms with E-state index in [4.69, 9.17) is 4.74 Å². The van der Waals surface area contributed by atoms with Crippen LogP contribution in [0.15, 0.2) is 4.99 Å². The number of aliphatic hydroxyl groups is 1. The van der Waals surface area contributed by atoms with Crippen molar-refractivity contribution in [3.05, 3.63) is 0 Å². The molecule has 122 valence electrons. The van der Waals surface area contributed by atoms with E-state index >= 15 is 0 Å². The highest BCUT2D eigenvalue weighted by Gasteiger charge is 2.12. The number of rotatable bonds is 7. The maximum Gasteiger partial charge on any atom is 0.191 e. The highest BCUT2D eigenvalue weighted by atomic mass is 127. The van der Waals surface area contributed by atoms with Crippen molar-refractivity contribution in [2.24, 2.45) is 10.9 Å². The number of ether oxygens (including phenoxy) is 1. The van der Waals surface area contributed by atoms with E-state index in [1.165, 1.54) is 0 Å². The van der Waals surface area contributed by atoms with Gasteiger partial charge in [-0.3, -0.25) is 4.99 Å². The van der Waals surface area contributed by atoms with Gasteiger partial charge in [0.25, 0.3) is 0 Å². The van der Waals surface area contributed by atoms with Crippen LogP contribution in [0.2, 0.25) is 0 Å². The molecule has 0 aliphatic carbocycles. The van der Waals surface area contributed by atoms with Crippen LogP contribution in [-0.2, 0) is 4.74 Å². The van der Waals surface area contributed by atoms with Crippen molar-refractivity contribution in [3.8, 4) is 0 Å². The molecular formula is C14H32IN3O2. The van der Waals surface area contributed by atoms with Crippen LogP contribution in [0.1, 0.15) is 41.5 Å². The van der Waals surface area contributed by atoms with Crippen molar-refractivity contribution >= 4 is 29.9 Å². The molecular weight excluding hydrogens is 369 g/mol. The normalized spacial score (nSPS) is 13.9. The van der Waals surface area contributed by atoms with Crippen LogP contribution in [0.5, 0.6) is 0 Å². The Kier molecular flexibility index (Phi) is 12.8. The maximum atomic E-state index is 9.79. The number of nitrogens with one attached hydrogen (secondary N) is 2. The lowest BCUT2D eigenvalue weighted by Crippen LogP contribution is -2.48. The van der Waals surface area contributed by atoms with Gasteiger partial charge in [0.2, 0.25) is 0 Å². The third-order valence-electron chi connectivity index (χ3n) is 2.06. The lowest BCUT2D eigenvalue weighted by Gasteiger charge is -2.24. The molecule has 0 heterocycles. The number of hydrogen-bond acceptors (Lipinski definition) is 3. The van der Waals surface area contributed by atoms with Crippen molar-refractivity contribution in [2.75, 3.05) is 26.3 Å². The van der Waals surface area contributed by atoms with E-state index in [0.717, 1.165) is 12.5 Å². The Morgan fingerprint density at radius 1 is 1.25 bits per heavy atom. The molecule has 1 atom stereocenters. The summed E-state index contributed by atoms with van der Waals surface area (Å²) in [4.78, 5) is 4.36. The molecule has 0 spiro atoms. The molecule has 3 N–H and O–H groups in total. The minimum absolute atomic E-state index is 0. The van der Waals surface area contributed by atoms with E-state index in [0.29, 0.717) is 25.7 Å². The highest BCUT2D eigenvalue weighted by molar-refractivity contribution is 14.0. The summed E-state index contributed by atoms with van der Waals surface area (Å²) in [6.07, 6.45) is -0.561. The first kappa shape index (κ1) is 22.2. The number of guanidine groups is 1. The van der Waals surface area contributed by atoms with E-state index in [-0.39, 0.29) is 29.5 Å². The summed E-state index contributed by atoms with van der Waals surface area (Å²) in [5, 5.41) is 16.2. The van der Waals surface area contributed by atoms with Gasteiger partial charge in [-0.1, -0.05) is 13.8 Å². The Labute approximate surface area is 141 Å². The lowest BCUT2D eigenvalue weighted by atomic mass is 10.1. The molecule has 0 fully saturated rings. The van der Waals surface area contributed by atoms with Gasteiger partial charge in [-0.2, -0.15) is 0 Å². The molecule has 0 saturated carbocycles. The van der Waals surface area contributed by atoms with Gasteiger partial charge in [0, 0.05) is 18.7 Å². The van der Waals surface area contributed by atoms with Crippen LogP contribution in [0, 0.1) is 5.92 Å². The van der Waals surface area contributed by atoms with E-state index in [9.17, 15) is 5.11 Å². The second-order valence-corrected chi connectivity index (χ2v) is 6.18. The zero-order chi connectivity index (χ0) is 14.9. The first-order valence-electron chi connectivity index (χ1n) is 7.07. The second kappa shape index (κ2) is 11.6. The molecule has 0 aromatic heterocycles.